The van der Waals surface area contributed by atoms with Gasteiger partial charge >= 0.3 is 57.4 Å². The van der Waals surface area contributed by atoms with Gasteiger partial charge in [-0.2, -0.15) is 0 Å². The topological polar surface area (TPSA) is 223 Å². The zero-order valence-electron chi connectivity index (χ0n) is 21.8. The fraction of sp³-hybridized carbons (Fsp3) is 0.458. The first-order valence-corrected chi connectivity index (χ1v) is 12.7. The number of phenolic OH excluding ortho intramolecular Hbond substituents is 1. The number of hydrogen-bond donors (Lipinski definition) is 5. The van der Waals surface area contributed by atoms with Crippen LogP contribution in [0.25, 0.3) is 0 Å². The molecule has 16 heteroatoms. The Hall–Kier alpha value is -2.18. The van der Waals surface area contributed by atoms with E-state index in [0.29, 0.717) is 5.56 Å². The minimum absolute atomic E-state index is 0. The van der Waals surface area contributed by atoms with Crippen LogP contribution in [0.5, 0.6) is 5.75 Å². The number of aliphatic hydroxyl groups excluding tert-OH is 1. The molecule has 0 aliphatic carbocycles. The molecule has 0 bridgehead atoms. The smallest absolute Gasteiger partial charge is 0.547 e. The number of carboxylic acid groups (broad SMARTS) is 2. The van der Waals surface area contributed by atoms with Crippen LogP contribution in [0, 0.1) is 0 Å². The van der Waals surface area contributed by atoms with Crippen LogP contribution in [0.15, 0.2) is 36.1 Å². The monoisotopic (exact) mass is 602 g/mol. The van der Waals surface area contributed by atoms with Gasteiger partial charge in [-0.1, -0.05) is 12.1 Å². The Morgan fingerprint density at radius 2 is 1.88 bits per heavy atom. The Labute approximate surface area is 275 Å². The molecular formula is C24H27KN4O10S. The fourth-order valence-electron chi connectivity index (χ4n) is 4.87. The Balaban J connectivity index is 0.000000250. The van der Waals surface area contributed by atoms with Gasteiger partial charge in [-0.3, -0.25) is 19.3 Å². The van der Waals surface area contributed by atoms with Crippen LogP contribution in [0.1, 0.15) is 31.9 Å². The summed E-state index contributed by atoms with van der Waals surface area (Å²) in [4.78, 5) is 60.3. The molecule has 3 amide bonds. The van der Waals surface area contributed by atoms with Gasteiger partial charge in [0.1, 0.15) is 41.0 Å². The number of benzene rings is 1. The van der Waals surface area contributed by atoms with E-state index in [1.807, 2.05) is 0 Å². The van der Waals surface area contributed by atoms with Gasteiger partial charge in [-0.05, 0) is 37.6 Å². The van der Waals surface area contributed by atoms with E-state index >= 15 is 0 Å². The number of rotatable bonds is 6. The molecule has 0 radical (unpaired) electrons. The molecule has 1 aromatic rings. The summed E-state index contributed by atoms with van der Waals surface area (Å²) in [6, 6.07) is 2.03. The maximum Gasteiger partial charge on any atom is 1.00 e. The predicted octanol–water partition coefficient (Wildman–Crippen LogP) is -5.40. The molecule has 1 aromatic carbocycles. The van der Waals surface area contributed by atoms with Crippen molar-refractivity contribution in [2.45, 2.75) is 60.8 Å². The molecule has 4 heterocycles. The van der Waals surface area contributed by atoms with E-state index in [-0.39, 0.29) is 81.8 Å². The molecule has 4 aliphatic heterocycles. The van der Waals surface area contributed by atoms with Crippen molar-refractivity contribution in [1.82, 2.24) is 15.1 Å². The number of aromatic hydroxyl groups is 1. The molecule has 4 saturated heterocycles. The van der Waals surface area contributed by atoms with Crippen LogP contribution in [0.2, 0.25) is 0 Å². The summed E-state index contributed by atoms with van der Waals surface area (Å²) in [5.74, 6) is -3.51. The van der Waals surface area contributed by atoms with Crippen molar-refractivity contribution in [1.29, 1.82) is 0 Å². The molecule has 5 rings (SSSR count). The van der Waals surface area contributed by atoms with Gasteiger partial charge in [-0.15, -0.1) is 11.8 Å². The van der Waals surface area contributed by atoms with Gasteiger partial charge in [-0.25, -0.2) is 4.79 Å². The van der Waals surface area contributed by atoms with Gasteiger partial charge in [0.05, 0.1) is 19.0 Å². The number of aliphatic carboxylic acids is 2. The number of carbonyl (C=O) groups excluding carboxylic acids is 4. The number of nitrogens with zero attached hydrogens (tertiary/aromatic N) is 2. The van der Waals surface area contributed by atoms with Crippen LogP contribution in [-0.4, -0.2) is 95.9 Å². The van der Waals surface area contributed by atoms with E-state index in [4.69, 9.17) is 15.6 Å². The Morgan fingerprint density at radius 3 is 2.40 bits per heavy atom. The van der Waals surface area contributed by atoms with E-state index in [1.165, 1.54) is 47.0 Å². The summed E-state index contributed by atoms with van der Waals surface area (Å²) in [5, 5.41) is 40.2. The van der Waals surface area contributed by atoms with Crippen LogP contribution in [0.3, 0.4) is 0 Å². The average Bonchev–Trinajstić information content (AvgIpc) is 3.31. The second-order valence-corrected chi connectivity index (χ2v) is 11.5. The van der Waals surface area contributed by atoms with Gasteiger partial charge in [0.2, 0.25) is 17.7 Å². The summed E-state index contributed by atoms with van der Waals surface area (Å²) in [7, 11) is 0. The molecule has 14 nitrogen and oxygen atoms in total. The molecule has 0 aromatic heterocycles. The number of ether oxygens (including phenoxy) is 1. The predicted molar refractivity (Wildman–Crippen MR) is 131 cm³/mol. The zero-order chi connectivity index (χ0) is 28.8. The number of hydrogen-bond acceptors (Lipinski definition) is 11. The normalized spacial score (nSPS) is 28.9. The van der Waals surface area contributed by atoms with E-state index in [9.17, 15) is 39.3 Å². The van der Waals surface area contributed by atoms with Gasteiger partial charge in [0, 0.05) is 4.75 Å². The largest absolute Gasteiger partial charge is 1.00 e. The van der Waals surface area contributed by atoms with Crippen molar-refractivity contribution in [3.63, 3.8) is 0 Å². The van der Waals surface area contributed by atoms with Crippen molar-refractivity contribution in [2.24, 2.45) is 5.73 Å². The molecule has 40 heavy (non-hydrogen) atoms. The molecule has 0 spiro atoms. The number of nitrogens with two attached hydrogens (primary N) is 1. The summed E-state index contributed by atoms with van der Waals surface area (Å²) in [6.07, 6.45) is 0.918. The van der Waals surface area contributed by atoms with E-state index in [0.717, 1.165) is 4.90 Å². The minimum Gasteiger partial charge on any atom is -0.547 e. The number of aliphatic hydroxyl groups is 1. The summed E-state index contributed by atoms with van der Waals surface area (Å²) in [5.41, 5.74) is 6.41. The summed E-state index contributed by atoms with van der Waals surface area (Å²) >= 11 is 1.35. The van der Waals surface area contributed by atoms with E-state index in [2.05, 4.69) is 5.32 Å². The number of thioether (sulfide) groups is 1. The maximum atomic E-state index is 12.3. The third-order valence-electron chi connectivity index (χ3n) is 6.79. The minimum atomic E-state index is -1.39. The SMILES string of the molecule is CC1(C)S[C@@H]2[C@H](NC(=O)[C@H](N)c3ccc(O)cc3)C(=O)N2[C@H]1C(=O)O.O=C([O-])C1/C(=C/CO)O[C@@H]2CC(=O)N12.[K+]. The van der Waals surface area contributed by atoms with Crippen molar-refractivity contribution in [3.8, 4) is 5.75 Å². The second-order valence-electron chi connectivity index (χ2n) is 9.74. The van der Waals surface area contributed by atoms with E-state index in [1.54, 1.807) is 13.8 Å². The average molecular weight is 603 g/mol. The van der Waals surface area contributed by atoms with Crippen LogP contribution < -0.4 is 67.5 Å². The molecule has 4 aliphatic rings. The number of carboxylic acids is 2. The first-order chi connectivity index (χ1) is 18.3. The number of nitrogens with one attached hydrogen (secondary N) is 1. The molecule has 0 saturated carbocycles. The Kier molecular flexibility index (Phi) is 9.99. The molecule has 210 valence electrons. The van der Waals surface area contributed by atoms with Crippen molar-refractivity contribution >= 4 is 41.4 Å². The number of carbonyl (C=O) groups is 5. The van der Waals surface area contributed by atoms with Crippen LogP contribution in [-0.2, 0) is 28.7 Å². The van der Waals surface area contributed by atoms with Crippen molar-refractivity contribution in [2.75, 3.05) is 6.61 Å². The van der Waals surface area contributed by atoms with E-state index < -0.39 is 64.3 Å². The molecule has 1 unspecified atom stereocenters. The van der Waals surface area contributed by atoms with Crippen molar-refractivity contribution < 1.29 is 101 Å². The molecule has 6 N–H and O–H groups in total. The van der Waals surface area contributed by atoms with Gasteiger partial charge < -0.3 is 45.9 Å². The first-order valence-electron chi connectivity index (χ1n) is 11.9. The first kappa shape index (κ1) is 32.3. The number of phenols is 1. The number of β-lactam (4-membered cyclic amide) rings is 2. The zero-order valence-corrected chi connectivity index (χ0v) is 25.8. The maximum absolute atomic E-state index is 12.3. The van der Waals surface area contributed by atoms with Gasteiger partial charge in [0.25, 0.3) is 0 Å². The van der Waals surface area contributed by atoms with Crippen molar-refractivity contribution in [3.05, 3.63) is 41.7 Å². The summed E-state index contributed by atoms with van der Waals surface area (Å²) < 4.78 is 4.48. The Morgan fingerprint density at radius 1 is 1.25 bits per heavy atom. The van der Waals surface area contributed by atoms with Crippen LogP contribution >= 0.6 is 11.8 Å². The number of amides is 3. The molecular weight excluding hydrogens is 575 g/mol. The Bertz CT molecular complexity index is 1240. The standard InChI is InChI=1S/C16H19N3O5S.C8H9NO5.K/c1-16(2)11(15(23)24)19-13(22)10(14(19)25-16)18-12(21)9(17)7-3-5-8(20)6-4-7;10-2-1-4-7(8(12)13)9-5(11)3-6(9)14-4;/h3-6,9-11,14,20H,17H2,1-2H3,(H,18,21)(H,23,24);1,6-7,10H,2-3H2,(H,12,13);/q;;+1/p-1/b;4-1-;/t9-,10-,11+,14-;6-,7?;/m11./s1. The molecule has 6 atom stereocenters. The van der Waals surface area contributed by atoms with Crippen LogP contribution in [0.4, 0.5) is 0 Å². The fourth-order valence-corrected chi connectivity index (χ4v) is 6.49. The molecule has 4 fully saturated rings. The third-order valence-corrected chi connectivity index (χ3v) is 8.36. The summed E-state index contributed by atoms with van der Waals surface area (Å²) in [6.45, 7) is 3.21. The second kappa shape index (κ2) is 12.4. The quantitative estimate of drug-likeness (QED) is 0.152. The third kappa shape index (κ3) is 5.90. The van der Waals surface area contributed by atoms with Gasteiger partial charge in [0.15, 0.2) is 6.23 Å². The number of fused-ring (bicyclic) bond motifs is 2.